The average Bonchev–Trinajstić information content (AvgIpc) is 3.07. The van der Waals surface area contributed by atoms with Crippen molar-refractivity contribution in [2.24, 2.45) is 0 Å². The molecule has 0 unspecified atom stereocenters. The minimum absolute atomic E-state index is 0.272. The molecule has 6 heteroatoms. The van der Waals surface area contributed by atoms with Crippen LogP contribution in [0.5, 0.6) is 0 Å². The summed E-state index contributed by atoms with van der Waals surface area (Å²) in [6, 6.07) is 3.80. The molecule has 3 aromatic heterocycles. The third-order valence-electron chi connectivity index (χ3n) is 3.32. The molecule has 0 atom stereocenters. The van der Waals surface area contributed by atoms with Crippen molar-refractivity contribution in [1.29, 1.82) is 0 Å². The number of anilines is 1. The van der Waals surface area contributed by atoms with Crippen LogP contribution in [0.4, 0.5) is 5.82 Å². The van der Waals surface area contributed by atoms with E-state index in [1.807, 2.05) is 12.1 Å². The molecule has 3 aromatic rings. The Hall–Kier alpha value is -1.59. The number of halogens is 1. The molecule has 1 N–H and O–H groups in total. The predicted octanol–water partition coefficient (Wildman–Crippen LogP) is 4.81. The van der Waals surface area contributed by atoms with Crippen LogP contribution >= 0.6 is 22.9 Å². The molecule has 0 spiro atoms. The fourth-order valence-electron chi connectivity index (χ4n) is 2.28. The van der Waals surface area contributed by atoms with Gasteiger partial charge in [-0.25, -0.2) is 4.98 Å². The summed E-state index contributed by atoms with van der Waals surface area (Å²) in [6.07, 6.45) is 3.83. The molecule has 0 amide bonds. The molecular weight excluding hydrogens is 306 g/mol. The van der Waals surface area contributed by atoms with Gasteiger partial charge in [0, 0.05) is 4.88 Å². The van der Waals surface area contributed by atoms with Gasteiger partial charge in [0.1, 0.15) is 11.6 Å². The third-order valence-corrected chi connectivity index (χ3v) is 4.84. The predicted molar refractivity (Wildman–Crippen MR) is 87.2 cm³/mol. The molecule has 4 nitrogen and oxygen atoms in total. The lowest BCUT2D eigenvalue weighted by atomic mass is 10.2. The van der Waals surface area contributed by atoms with Crippen LogP contribution in [0.2, 0.25) is 5.28 Å². The Morgan fingerprint density at radius 1 is 1.38 bits per heavy atom. The fourth-order valence-corrected chi connectivity index (χ4v) is 3.76. The van der Waals surface area contributed by atoms with Gasteiger partial charge in [0.15, 0.2) is 0 Å². The first-order chi connectivity index (χ1) is 10.2. The number of aromatic nitrogens is 2. The van der Waals surface area contributed by atoms with Gasteiger partial charge in [-0.15, -0.1) is 11.3 Å². The van der Waals surface area contributed by atoms with Crippen LogP contribution in [0.1, 0.15) is 29.5 Å². The topological polar surface area (TPSA) is 51.0 Å². The second-order valence-electron chi connectivity index (χ2n) is 4.85. The Bertz CT molecular complexity index is 752. The highest BCUT2D eigenvalue weighted by atomic mass is 35.5. The lowest BCUT2D eigenvalue weighted by molar-refractivity contribution is 0.518. The summed E-state index contributed by atoms with van der Waals surface area (Å²) in [6.45, 7) is 4.86. The number of nitrogens with zero attached hydrogens (tertiary/aromatic N) is 2. The Balaban J connectivity index is 1.98. The maximum Gasteiger partial charge on any atom is 0.224 e. The van der Waals surface area contributed by atoms with Crippen molar-refractivity contribution in [3.63, 3.8) is 0 Å². The zero-order chi connectivity index (χ0) is 14.8. The molecule has 0 aromatic carbocycles. The maximum atomic E-state index is 6.06. The fraction of sp³-hybridized carbons (Fsp3) is 0.333. The molecule has 0 bridgehead atoms. The summed E-state index contributed by atoms with van der Waals surface area (Å²) in [7, 11) is 0. The smallest absolute Gasteiger partial charge is 0.224 e. The van der Waals surface area contributed by atoms with E-state index in [1.165, 1.54) is 10.4 Å². The van der Waals surface area contributed by atoms with Crippen molar-refractivity contribution in [2.75, 3.05) is 5.32 Å². The molecule has 21 heavy (non-hydrogen) atoms. The number of aryl methyl sites for hydroxylation is 2. The van der Waals surface area contributed by atoms with Gasteiger partial charge in [0.2, 0.25) is 5.28 Å². The highest BCUT2D eigenvalue weighted by Gasteiger charge is 2.15. The average molecular weight is 322 g/mol. The van der Waals surface area contributed by atoms with E-state index in [-0.39, 0.29) is 5.28 Å². The number of hydrogen-bond donors (Lipinski definition) is 1. The molecule has 3 rings (SSSR count). The first kappa shape index (κ1) is 14.4. The Morgan fingerprint density at radius 3 is 2.95 bits per heavy atom. The number of fused-ring (bicyclic) bond motifs is 1. The van der Waals surface area contributed by atoms with Gasteiger partial charge in [0.05, 0.1) is 23.0 Å². The van der Waals surface area contributed by atoms with Crippen molar-refractivity contribution < 1.29 is 4.42 Å². The van der Waals surface area contributed by atoms with E-state index in [1.54, 1.807) is 17.6 Å². The van der Waals surface area contributed by atoms with Gasteiger partial charge in [0.25, 0.3) is 0 Å². The Kier molecular flexibility index (Phi) is 4.12. The van der Waals surface area contributed by atoms with Crippen LogP contribution in [-0.4, -0.2) is 9.97 Å². The van der Waals surface area contributed by atoms with Crippen molar-refractivity contribution in [3.05, 3.63) is 39.9 Å². The van der Waals surface area contributed by atoms with Crippen LogP contribution in [0.25, 0.3) is 10.2 Å². The Labute approximate surface area is 132 Å². The number of furan rings is 1. The lowest BCUT2D eigenvalue weighted by Crippen LogP contribution is -2.01. The number of rotatable bonds is 5. The van der Waals surface area contributed by atoms with Crippen LogP contribution in [0.3, 0.4) is 0 Å². The minimum atomic E-state index is 0.272. The van der Waals surface area contributed by atoms with Crippen LogP contribution in [0, 0.1) is 6.92 Å². The summed E-state index contributed by atoms with van der Waals surface area (Å²) < 4.78 is 6.39. The minimum Gasteiger partial charge on any atom is -0.467 e. The van der Waals surface area contributed by atoms with E-state index in [2.05, 4.69) is 29.1 Å². The molecular formula is C15H16ClN3OS. The van der Waals surface area contributed by atoms with Crippen molar-refractivity contribution in [3.8, 4) is 0 Å². The largest absolute Gasteiger partial charge is 0.467 e. The normalized spacial score (nSPS) is 11.2. The molecule has 110 valence electrons. The molecule has 0 fully saturated rings. The third kappa shape index (κ3) is 2.89. The van der Waals surface area contributed by atoms with Gasteiger partial charge in [-0.3, -0.25) is 0 Å². The zero-order valence-electron chi connectivity index (χ0n) is 11.9. The van der Waals surface area contributed by atoms with E-state index < -0.39 is 0 Å². The molecule has 0 aliphatic carbocycles. The van der Waals surface area contributed by atoms with Crippen LogP contribution in [0.15, 0.2) is 22.8 Å². The molecule has 0 saturated heterocycles. The van der Waals surface area contributed by atoms with Gasteiger partial charge in [-0.2, -0.15) is 4.98 Å². The van der Waals surface area contributed by atoms with Crippen molar-refractivity contribution >= 4 is 39.0 Å². The van der Waals surface area contributed by atoms with Crippen molar-refractivity contribution in [1.82, 2.24) is 9.97 Å². The molecule has 0 aliphatic heterocycles. The summed E-state index contributed by atoms with van der Waals surface area (Å²) >= 11 is 7.81. The first-order valence-corrected chi connectivity index (χ1v) is 8.10. The van der Waals surface area contributed by atoms with Crippen LogP contribution < -0.4 is 5.32 Å². The molecule has 0 radical (unpaired) electrons. The van der Waals surface area contributed by atoms with E-state index in [0.717, 1.165) is 34.6 Å². The molecule has 0 saturated carbocycles. The second-order valence-corrected chi connectivity index (χ2v) is 6.30. The van der Waals surface area contributed by atoms with E-state index >= 15 is 0 Å². The Morgan fingerprint density at radius 2 is 2.24 bits per heavy atom. The van der Waals surface area contributed by atoms with E-state index in [4.69, 9.17) is 16.0 Å². The molecule has 3 heterocycles. The lowest BCUT2D eigenvalue weighted by Gasteiger charge is -2.05. The van der Waals surface area contributed by atoms with E-state index in [9.17, 15) is 0 Å². The number of hydrogen-bond acceptors (Lipinski definition) is 5. The highest BCUT2D eigenvalue weighted by molar-refractivity contribution is 7.19. The van der Waals surface area contributed by atoms with Crippen molar-refractivity contribution in [2.45, 2.75) is 33.2 Å². The number of thiophene rings is 1. The zero-order valence-corrected chi connectivity index (χ0v) is 13.5. The number of nitrogens with one attached hydrogen (secondary N) is 1. The SMILES string of the molecule is CCCc1sc2c(NCc3ccco3)nc(Cl)nc2c1C. The summed E-state index contributed by atoms with van der Waals surface area (Å²) in [5, 5.41) is 3.57. The highest BCUT2D eigenvalue weighted by Crippen LogP contribution is 2.35. The standard InChI is InChI=1S/C15H16ClN3OS/c1-3-5-11-9(2)12-13(21-11)14(19-15(16)18-12)17-8-10-6-4-7-20-10/h4,6-7H,3,5,8H2,1-2H3,(H,17,18,19). The molecule has 0 aliphatic rings. The maximum absolute atomic E-state index is 6.06. The first-order valence-electron chi connectivity index (χ1n) is 6.90. The van der Waals surface area contributed by atoms with E-state index in [0.29, 0.717) is 6.54 Å². The summed E-state index contributed by atoms with van der Waals surface area (Å²) in [5.74, 6) is 1.64. The second kappa shape index (κ2) is 6.03. The van der Waals surface area contributed by atoms with Gasteiger partial charge < -0.3 is 9.73 Å². The monoisotopic (exact) mass is 321 g/mol. The van der Waals surface area contributed by atoms with Gasteiger partial charge in [-0.05, 0) is 42.6 Å². The van der Waals surface area contributed by atoms with Crippen LogP contribution in [-0.2, 0) is 13.0 Å². The quantitative estimate of drug-likeness (QED) is 0.685. The summed E-state index contributed by atoms with van der Waals surface area (Å²) in [4.78, 5) is 10.1. The summed E-state index contributed by atoms with van der Waals surface area (Å²) in [5.41, 5.74) is 2.16. The van der Waals surface area contributed by atoms with Gasteiger partial charge in [-0.1, -0.05) is 13.3 Å². The van der Waals surface area contributed by atoms with Gasteiger partial charge >= 0.3 is 0 Å².